The summed E-state index contributed by atoms with van der Waals surface area (Å²) in [7, 11) is 3.57. The van der Waals surface area contributed by atoms with Crippen molar-refractivity contribution in [2.75, 3.05) is 33.7 Å². The monoisotopic (exact) mass is 354 g/mol. The highest BCUT2D eigenvalue weighted by Gasteiger charge is 2.38. The number of nitrogens with zero attached hydrogens (tertiary/aromatic N) is 3. The number of carbonyl (C=O) groups excluding carboxylic acids is 2. The second-order valence-corrected chi connectivity index (χ2v) is 7.76. The van der Waals surface area contributed by atoms with Crippen molar-refractivity contribution in [3.05, 3.63) is 36.0 Å². The molecule has 2 aromatic rings. The van der Waals surface area contributed by atoms with Crippen LogP contribution in [0.3, 0.4) is 0 Å². The molecule has 6 nitrogen and oxygen atoms in total. The van der Waals surface area contributed by atoms with Gasteiger partial charge in [0.2, 0.25) is 5.91 Å². The van der Waals surface area contributed by atoms with Gasteiger partial charge in [-0.3, -0.25) is 4.79 Å². The number of amides is 3. The minimum Gasteiger partial charge on any atom is -0.361 e. The van der Waals surface area contributed by atoms with Crippen LogP contribution in [0.5, 0.6) is 0 Å². The van der Waals surface area contributed by atoms with Crippen molar-refractivity contribution in [3.8, 4) is 0 Å². The molecule has 3 aliphatic heterocycles. The smallest absolute Gasteiger partial charge is 0.319 e. The Balaban J connectivity index is 1.51. The van der Waals surface area contributed by atoms with Crippen LogP contribution in [0.1, 0.15) is 18.4 Å². The quantitative estimate of drug-likeness (QED) is 0.900. The summed E-state index contributed by atoms with van der Waals surface area (Å²) in [5.74, 6) is 0.549. The van der Waals surface area contributed by atoms with Crippen LogP contribution in [0.25, 0.3) is 10.9 Å². The van der Waals surface area contributed by atoms with Crippen molar-refractivity contribution in [1.82, 2.24) is 19.7 Å². The first-order valence-electron chi connectivity index (χ1n) is 9.33. The highest BCUT2D eigenvalue weighted by Crippen LogP contribution is 2.29. The molecule has 4 heterocycles. The molecule has 3 fully saturated rings. The molecule has 3 amide bonds. The molecule has 138 valence electrons. The molecule has 0 unspecified atom stereocenters. The molecule has 0 spiro atoms. The molecule has 1 N–H and O–H groups in total. The van der Waals surface area contributed by atoms with Crippen LogP contribution in [-0.4, -0.2) is 71.4 Å². The van der Waals surface area contributed by atoms with Crippen molar-refractivity contribution in [3.63, 3.8) is 0 Å². The van der Waals surface area contributed by atoms with Gasteiger partial charge in [0, 0.05) is 56.9 Å². The van der Waals surface area contributed by atoms with E-state index in [2.05, 4.69) is 11.1 Å². The summed E-state index contributed by atoms with van der Waals surface area (Å²) >= 11 is 0. The fraction of sp³-hybridized carbons (Fsp3) is 0.500. The number of piperidine rings is 1. The van der Waals surface area contributed by atoms with E-state index in [9.17, 15) is 9.59 Å². The van der Waals surface area contributed by atoms with Crippen molar-refractivity contribution >= 4 is 22.8 Å². The third-order valence-electron chi connectivity index (χ3n) is 5.70. The molecular formula is C20H26N4O2. The van der Waals surface area contributed by atoms with E-state index in [1.54, 1.807) is 19.0 Å². The number of hydrogen-bond acceptors (Lipinski definition) is 2. The maximum atomic E-state index is 13.1. The Morgan fingerprint density at radius 1 is 1.15 bits per heavy atom. The summed E-state index contributed by atoms with van der Waals surface area (Å²) in [5, 5.41) is 1.12. The van der Waals surface area contributed by atoms with Gasteiger partial charge in [0.05, 0.1) is 6.42 Å². The van der Waals surface area contributed by atoms with Crippen LogP contribution in [0, 0.1) is 5.92 Å². The minimum atomic E-state index is 0.0489. The lowest BCUT2D eigenvalue weighted by atomic mass is 9.94. The third kappa shape index (κ3) is 3.04. The normalized spacial score (nSPS) is 22.5. The molecule has 0 saturated carbocycles. The standard InChI is InChI=1S/C20H26N4O2/c1-22(2)20(26)23-11-14-7-8-16(13-23)24(12-14)19(25)9-15-10-21-18-6-4-3-5-17(15)18/h3-6,10,14,16,21H,7-9,11-13H2,1-2H3/t14-,16+/m0/s1. The Morgan fingerprint density at radius 2 is 1.96 bits per heavy atom. The minimum absolute atomic E-state index is 0.0489. The zero-order chi connectivity index (χ0) is 18.3. The number of nitrogens with one attached hydrogen (secondary N) is 1. The van der Waals surface area contributed by atoms with Gasteiger partial charge < -0.3 is 19.7 Å². The van der Waals surface area contributed by atoms with Crippen LogP contribution in [0.15, 0.2) is 30.5 Å². The van der Waals surface area contributed by atoms with E-state index in [1.165, 1.54) is 0 Å². The maximum Gasteiger partial charge on any atom is 0.319 e. The van der Waals surface area contributed by atoms with E-state index in [1.807, 2.05) is 34.2 Å². The van der Waals surface area contributed by atoms with Crippen molar-refractivity contribution in [2.24, 2.45) is 5.92 Å². The van der Waals surface area contributed by atoms with Crippen molar-refractivity contribution in [2.45, 2.75) is 25.3 Å². The van der Waals surface area contributed by atoms with Gasteiger partial charge in [-0.1, -0.05) is 18.2 Å². The van der Waals surface area contributed by atoms with E-state index < -0.39 is 0 Å². The average Bonchev–Trinajstić information content (AvgIpc) is 2.82. The van der Waals surface area contributed by atoms with E-state index >= 15 is 0 Å². The number of fused-ring (bicyclic) bond motifs is 5. The lowest BCUT2D eigenvalue weighted by Gasteiger charge is -2.36. The fourth-order valence-corrected chi connectivity index (χ4v) is 4.37. The van der Waals surface area contributed by atoms with Crippen LogP contribution < -0.4 is 0 Å². The van der Waals surface area contributed by atoms with Gasteiger partial charge in [-0.15, -0.1) is 0 Å². The van der Waals surface area contributed by atoms with Gasteiger partial charge in [-0.05, 0) is 30.4 Å². The van der Waals surface area contributed by atoms with Gasteiger partial charge in [0.15, 0.2) is 0 Å². The third-order valence-corrected chi connectivity index (χ3v) is 5.70. The number of H-pyrrole nitrogens is 1. The first kappa shape index (κ1) is 16.9. The van der Waals surface area contributed by atoms with Gasteiger partial charge in [0.25, 0.3) is 0 Å². The Kier molecular flexibility index (Phi) is 4.34. The van der Waals surface area contributed by atoms with Crippen LogP contribution in [0.2, 0.25) is 0 Å². The highest BCUT2D eigenvalue weighted by atomic mass is 16.2. The second kappa shape index (κ2) is 6.67. The summed E-state index contributed by atoms with van der Waals surface area (Å²) < 4.78 is 0. The molecular weight excluding hydrogens is 328 g/mol. The molecule has 3 aliphatic rings. The maximum absolute atomic E-state index is 13.1. The summed E-state index contributed by atoms with van der Waals surface area (Å²) in [6.07, 6.45) is 4.44. The Hall–Kier alpha value is -2.50. The molecule has 0 radical (unpaired) electrons. The molecule has 3 saturated heterocycles. The molecule has 0 aliphatic carbocycles. The largest absolute Gasteiger partial charge is 0.361 e. The number of aromatic amines is 1. The van der Waals surface area contributed by atoms with Gasteiger partial charge in [-0.2, -0.15) is 0 Å². The topological polar surface area (TPSA) is 59.7 Å². The second-order valence-electron chi connectivity index (χ2n) is 7.76. The Morgan fingerprint density at radius 3 is 2.77 bits per heavy atom. The lowest BCUT2D eigenvalue weighted by Crippen LogP contribution is -2.49. The predicted octanol–water partition coefficient (Wildman–Crippen LogP) is 2.31. The SMILES string of the molecule is CN(C)C(=O)N1C[C@@H]2CC[C@H](C1)N(C(=O)Cc1c[nH]c3ccccc13)C2. The van der Waals surface area contributed by atoms with Gasteiger partial charge >= 0.3 is 6.03 Å². The van der Waals surface area contributed by atoms with E-state index in [-0.39, 0.29) is 18.0 Å². The highest BCUT2D eigenvalue weighted by molar-refractivity contribution is 5.89. The molecule has 1 aromatic heterocycles. The van der Waals surface area contributed by atoms with Crippen LogP contribution in [-0.2, 0) is 11.2 Å². The van der Waals surface area contributed by atoms with Crippen molar-refractivity contribution in [1.29, 1.82) is 0 Å². The van der Waals surface area contributed by atoms with Gasteiger partial charge in [0.1, 0.15) is 0 Å². The number of aromatic nitrogens is 1. The van der Waals surface area contributed by atoms with Gasteiger partial charge in [-0.25, -0.2) is 4.79 Å². The lowest BCUT2D eigenvalue weighted by molar-refractivity contribution is -0.134. The number of hydrogen-bond donors (Lipinski definition) is 1. The summed E-state index contributed by atoms with van der Waals surface area (Å²) in [5.41, 5.74) is 2.11. The summed E-state index contributed by atoms with van der Waals surface area (Å²) in [6, 6.07) is 8.27. The fourth-order valence-electron chi connectivity index (χ4n) is 4.37. The summed E-state index contributed by atoms with van der Waals surface area (Å²) in [6.45, 7) is 2.17. The van der Waals surface area contributed by atoms with E-state index in [4.69, 9.17) is 0 Å². The number of urea groups is 1. The first-order valence-corrected chi connectivity index (χ1v) is 9.33. The average molecular weight is 354 g/mol. The predicted molar refractivity (Wildman–Crippen MR) is 101 cm³/mol. The van der Waals surface area contributed by atoms with Crippen LogP contribution >= 0.6 is 0 Å². The number of para-hydroxylation sites is 1. The molecule has 1 aromatic carbocycles. The van der Waals surface area contributed by atoms with E-state index in [0.717, 1.165) is 42.4 Å². The first-order chi connectivity index (χ1) is 12.5. The summed E-state index contributed by atoms with van der Waals surface area (Å²) in [4.78, 5) is 34.3. The Bertz CT molecular complexity index is 828. The Labute approximate surface area is 153 Å². The molecule has 5 rings (SSSR count). The molecule has 2 bridgehead atoms. The molecule has 26 heavy (non-hydrogen) atoms. The number of carbonyl (C=O) groups is 2. The van der Waals surface area contributed by atoms with E-state index in [0.29, 0.717) is 18.9 Å². The van der Waals surface area contributed by atoms with Crippen LogP contribution in [0.4, 0.5) is 4.79 Å². The number of benzene rings is 1. The zero-order valence-electron chi connectivity index (χ0n) is 15.4. The molecule has 6 heteroatoms. The van der Waals surface area contributed by atoms with Crippen molar-refractivity contribution < 1.29 is 9.59 Å². The molecule has 2 atom stereocenters. The number of rotatable bonds is 2. The zero-order valence-corrected chi connectivity index (χ0v) is 15.4.